The first kappa shape index (κ1) is 16.5. The van der Waals surface area contributed by atoms with Crippen molar-refractivity contribution in [1.29, 1.82) is 0 Å². The van der Waals surface area contributed by atoms with Crippen LogP contribution in [0.15, 0.2) is 12.1 Å². The molecule has 6 nitrogen and oxygen atoms in total. The summed E-state index contributed by atoms with van der Waals surface area (Å²) in [5.74, 6) is -1.12. The highest BCUT2D eigenvalue weighted by Crippen LogP contribution is 2.18. The number of carbonyl (C=O) groups is 3. The van der Waals surface area contributed by atoms with Crippen molar-refractivity contribution in [3.8, 4) is 0 Å². The van der Waals surface area contributed by atoms with E-state index in [4.69, 9.17) is 5.73 Å². The lowest BCUT2D eigenvalue weighted by Crippen LogP contribution is -2.41. The van der Waals surface area contributed by atoms with Crippen LogP contribution in [-0.4, -0.2) is 53.7 Å². The first-order valence-electron chi connectivity index (χ1n) is 7.24. The normalized spacial score (nSPS) is 18.9. The second-order valence-corrected chi connectivity index (χ2v) is 6.97. The summed E-state index contributed by atoms with van der Waals surface area (Å²) in [5, 5.41) is 0. The van der Waals surface area contributed by atoms with Crippen LogP contribution in [0.2, 0.25) is 0 Å². The van der Waals surface area contributed by atoms with Crippen molar-refractivity contribution >= 4 is 29.1 Å². The van der Waals surface area contributed by atoms with E-state index in [0.29, 0.717) is 19.5 Å². The van der Waals surface area contributed by atoms with Crippen LogP contribution in [0.25, 0.3) is 0 Å². The van der Waals surface area contributed by atoms with Gasteiger partial charge in [0.25, 0.3) is 0 Å². The first-order chi connectivity index (χ1) is 10.4. The van der Waals surface area contributed by atoms with Crippen LogP contribution in [0, 0.1) is 12.8 Å². The highest BCUT2D eigenvalue weighted by Gasteiger charge is 2.29. The van der Waals surface area contributed by atoms with E-state index in [1.165, 1.54) is 6.92 Å². The van der Waals surface area contributed by atoms with Crippen molar-refractivity contribution in [2.24, 2.45) is 11.7 Å². The summed E-state index contributed by atoms with van der Waals surface area (Å²) in [6.45, 7) is 4.90. The topological polar surface area (TPSA) is 83.7 Å². The van der Waals surface area contributed by atoms with E-state index < -0.39 is 11.8 Å². The zero-order valence-corrected chi connectivity index (χ0v) is 13.7. The van der Waals surface area contributed by atoms with Gasteiger partial charge in [-0.1, -0.05) is 0 Å². The molecule has 0 unspecified atom stereocenters. The molecule has 2 heterocycles. The Morgan fingerprint density at radius 1 is 1.23 bits per heavy atom. The lowest BCUT2D eigenvalue weighted by molar-refractivity contribution is -0.132. The molecular weight excluding hydrogens is 302 g/mol. The van der Waals surface area contributed by atoms with Crippen molar-refractivity contribution in [2.75, 3.05) is 26.2 Å². The van der Waals surface area contributed by atoms with Gasteiger partial charge >= 0.3 is 0 Å². The Morgan fingerprint density at radius 2 is 1.86 bits per heavy atom. The Labute approximate surface area is 133 Å². The Balaban J connectivity index is 2.07. The molecule has 0 aromatic carbocycles. The lowest BCUT2D eigenvalue weighted by atomic mass is 10.1. The number of hydrogen-bond acceptors (Lipinski definition) is 4. The van der Waals surface area contributed by atoms with Crippen LogP contribution in [0.1, 0.15) is 16.7 Å². The minimum atomic E-state index is -0.513. The predicted octanol–water partition coefficient (Wildman–Crippen LogP) is 0.391. The predicted molar refractivity (Wildman–Crippen MR) is 84.3 cm³/mol. The number of thiophene rings is 1. The fraction of sp³-hybridized carbons (Fsp3) is 0.533. The molecule has 1 aliphatic heterocycles. The maximum atomic E-state index is 12.5. The quantitative estimate of drug-likeness (QED) is 0.873. The number of rotatable bonds is 3. The van der Waals surface area contributed by atoms with Crippen LogP contribution >= 0.6 is 11.3 Å². The fourth-order valence-electron chi connectivity index (χ4n) is 2.55. The molecule has 1 aliphatic rings. The van der Waals surface area contributed by atoms with Crippen LogP contribution in [0.3, 0.4) is 0 Å². The van der Waals surface area contributed by atoms with Crippen molar-refractivity contribution in [2.45, 2.75) is 20.3 Å². The zero-order chi connectivity index (χ0) is 16.3. The summed E-state index contributed by atoms with van der Waals surface area (Å²) in [6, 6.07) is 3.93. The Hall–Kier alpha value is -1.89. The number of amides is 3. The summed E-state index contributed by atoms with van der Waals surface area (Å²) in [6.07, 6.45) is 0.323. The van der Waals surface area contributed by atoms with Gasteiger partial charge in [-0.25, -0.2) is 0 Å². The van der Waals surface area contributed by atoms with Gasteiger partial charge < -0.3 is 15.5 Å². The molecule has 0 aliphatic carbocycles. The van der Waals surface area contributed by atoms with Crippen LogP contribution in [0.4, 0.5) is 0 Å². The Bertz CT molecular complexity index is 584. The summed E-state index contributed by atoms with van der Waals surface area (Å²) < 4.78 is 0. The number of nitrogens with two attached hydrogens (primary N) is 1. The van der Waals surface area contributed by atoms with Crippen molar-refractivity contribution in [1.82, 2.24) is 9.80 Å². The van der Waals surface area contributed by atoms with Gasteiger partial charge in [-0.05, 0) is 19.1 Å². The molecule has 0 radical (unpaired) electrons. The highest BCUT2D eigenvalue weighted by atomic mass is 32.1. The average molecular weight is 323 g/mol. The molecule has 3 amide bonds. The van der Waals surface area contributed by atoms with Crippen LogP contribution < -0.4 is 5.73 Å². The first-order valence-corrected chi connectivity index (χ1v) is 8.06. The van der Waals surface area contributed by atoms with Gasteiger partial charge in [-0.2, -0.15) is 0 Å². The smallest absolute Gasteiger partial charge is 0.227 e. The van der Waals surface area contributed by atoms with E-state index in [0.717, 1.165) is 9.75 Å². The minimum Gasteiger partial charge on any atom is -0.369 e. The number of carbonyl (C=O) groups excluding carboxylic acids is 3. The molecule has 1 saturated heterocycles. The maximum absolute atomic E-state index is 12.5. The molecule has 22 heavy (non-hydrogen) atoms. The van der Waals surface area contributed by atoms with Gasteiger partial charge in [0, 0.05) is 42.9 Å². The number of hydrogen-bond donors (Lipinski definition) is 1. The van der Waals surface area contributed by atoms with Crippen molar-refractivity contribution in [3.63, 3.8) is 0 Å². The second kappa shape index (κ2) is 6.91. The molecule has 2 N–H and O–H groups in total. The van der Waals surface area contributed by atoms with E-state index >= 15 is 0 Å². The van der Waals surface area contributed by atoms with E-state index in [1.54, 1.807) is 21.1 Å². The summed E-state index contributed by atoms with van der Waals surface area (Å²) in [5.41, 5.74) is 5.40. The molecule has 0 spiro atoms. The molecule has 1 aromatic rings. The molecule has 2 rings (SSSR count). The largest absolute Gasteiger partial charge is 0.369 e. The van der Waals surface area contributed by atoms with E-state index in [2.05, 4.69) is 0 Å². The second-order valence-electron chi connectivity index (χ2n) is 5.59. The van der Waals surface area contributed by atoms with Crippen LogP contribution in [0.5, 0.6) is 0 Å². The monoisotopic (exact) mass is 323 g/mol. The van der Waals surface area contributed by atoms with Gasteiger partial charge in [-0.15, -0.1) is 11.3 Å². The van der Waals surface area contributed by atoms with E-state index in [1.807, 2.05) is 19.1 Å². The standard InChI is InChI=1S/C15H21N3O3S/c1-10-3-4-13(22-10)7-14(20)18-6-5-17(11(2)19)8-12(9-18)15(16)21/h3-4,12H,5-9H2,1-2H3,(H2,16,21)/t12-/m1/s1. The lowest BCUT2D eigenvalue weighted by Gasteiger charge is -2.22. The maximum Gasteiger partial charge on any atom is 0.227 e. The van der Waals surface area contributed by atoms with Gasteiger partial charge in [0.2, 0.25) is 17.7 Å². The van der Waals surface area contributed by atoms with Gasteiger partial charge in [0.15, 0.2) is 0 Å². The number of aryl methyl sites for hydroxylation is 1. The molecule has 0 saturated carbocycles. The summed E-state index contributed by atoms with van der Waals surface area (Å²) >= 11 is 1.59. The zero-order valence-electron chi connectivity index (χ0n) is 12.9. The number of primary amides is 1. The third kappa shape index (κ3) is 4.07. The third-order valence-corrected chi connectivity index (χ3v) is 4.84. The molecule has 1 atom stereocenters. The molecule has 1 fully saturated rings. The van der Waals surface area contributed by atoms with Gasteiger partial charge in [0.1, 0.15) is 0 Å². The minimum absolute atomic E-state index is 0.0292. The molecule has 120 valence electrons. The van der Waals surface area contributed by atoms with Gasteiger partial charge in [0.05, 0.1) is 12.3 Å². The third-order valence-electron chi connectivity index (χ3n) is 3.84. The highest BCUT2D eigenvalue weighted by molar-refractivity contribution is 7.12. The van der Waals surface area contributed by atoms with Gasteiger partial charge in [-0.3, -0.25) is 14.4 Å². The Kier molecular flexibility index (Phi) is 5.18. The molecule has 1 aromatic heterocycles. The van der Waals surface area contributed by atoms with E-state index in [-0.39, 0.29) is 24.9 Å². The SMILES string of the molecule is CC(=O)N1CCN(C(=O)Cc2ccc(C)s2)C[C@H](C(N)=O)C1. The molecule has 0 bridgehead atoms. The van der Waals surface area contributed by atoms with Crippen LogP contribution in [-0.2, 0) is 20.8 Å². The number of nitrogens with zero attached hydrogens (tertiary/aromatic N) is 2. The summed E-state index contributed by atoms with van der Waals surface area (Å²) in [4.78, 5) is 41.0. The molecular formula is C15H21N3O3S. The van der Waals surface area contributed by atoms with Crippen molar-refractivity contribution < 1.29 is 14.4 Å². The van der Waals surface area contributed by atoms with E-state index in [9.17, 15) is 14.4 Å². The van der Waals surface area contributed by atoms with Crippen molar-refractivity contribution in [3.05, 3.63) is 21.9 Å². The summed E-state index contributed by atoms with van der Waals surface area (Å²) in [7, 11) is 0. The molecule has 7 heteroatoms. The fourth-order valence-corrected chi connectivity index (χ4v) is 3.43. The Morgan fingerprint density at radius 3 is 2.41 bits per heavy atom. The average Bonchev–Trinajstić information content (AvgIpc) is 2.73.